The molecule has 0 atom stereocenters. The van der Waals surface area contributed by atoms with Crippen LogP contribution in [0.15, 0.2) is 24.9 Å². The van der Waals surface area contributed by atoms with E-state index in [0.717, 1.165) is 6.54 Å². The van der Waals surface area contributed by atoms with E-state index in [1.54, 1.807) is 6.20 Å². The second-order valence-corrected chi connectivity index (χ2v) is 2.38. The number of carbonyl (C=O) groups excluding carboxylic acids is 1. The molecule has 0 aromatic carbocycles. The standard InChI is InChI=1S/C8H14N2O/c1-4-8(11)9-6-5-7-10(2)3/h4-6H,1,7H2,2-3H3,(H,9,11). The Hall–Kier alpha value is -1.09. The van der Waals surface area contributed by atoms with E-state index in [1.165, 1.54) is 6.08 Å². The number of rotatable bonds is 4. The molecular formula is C8H14N2O. The van der Waals surface area contributed by atoms with Gasteiger partial charge in [0.2, 0.25) is 5.91 Å². The Kier molecular flexibility index (Phi) is 5.11. The molecule has 0 fully saturated rings. The Morgan fingerprint density at radius 3 is 2.73 bits per heavy atom. The fourth-order valence-electron chi connectivity index (χ4n) is 0.464. The zero-order valence-electron chi connectivity index (χ0n) is 7.00. The van der Waals surface area contributed by atoms with Crippen molar-refractivity contribution in [3.05, 3.63) is 24.9 Å². The Labute approximate surface area is 67.4 Å². The molecule has 62 valence electrons. The average Bonchev–Trinajstić information content (AvgIpc) is 1.97. The molecule has 0 rings (SSSR count). The maximum absolute atomic E-state index is 10.6. The molecule has 0 bridgehead atoms. The molecule has 0 aliphatic carbocycles. The predicted octanol–water partition coefficient (Wildman–Crippen LogP) is 0.364. The molecule has 0 saturated carbocycles. The first-order valence-corrected chi connectivity index (χ1v) is 3.39. The van der Waals surface area contributed by atoms with Crippen molar-refractivity contribution in [3.63, 3.8) is 0 Å². The van der Waals surface area contributed by atoms with Gasteiger partial charge in [0.1, 0.15) is 0 Å². The minimum absolute atomic E-state index is 0.181. The maximum Gasteiger partial charge on any atom is 0.247 e. The van der Waals surface area contributed by atoms with E-state index < -0.39 is 0 Å². The van der Waals surface area contributed by atoms with Gasteiger partial charge in [-0.25, -0.2) is 0 Å². The second-order valence-electron chi connectivity index (χ2n) is 2.38. The van der Waals surface area contributed by atoms with Crippen LogP contribution in [0.4, 0.5) is 0 Å². The molecule has 3 nitrogen and oxygen atoms in total. The van der Waals surface area contributed by atoms with Gasteiger partial charge >= 0.3 is 0 Å². The van der Waals surface area contributed by atoms with E-state index in [-0.39, 0.29) is 5.91 Å². The highest BCUT2D eigenvalue weighted by molar-refractivity contribution is 5.87. The van der Waals surface area contributed by atoms with Gasteiger partial charge in [0.25, 0.3) is 0 Å². The van der Waals surface area contributed by atoms with E-state index in [9.17, 15) is 4.79 Å². The minimum atomic E-state index is -0.181. The fourth-order valence-corrected chi connectivity index (χ4v) is 0.464. The van der Waals surface area contributed by atoms with Gasteiger partial charge in [-0.3, -0.25) is 4.79 Å². The maximum atomic E-state index is 10.6. The van der Waals surface area contributed by atoms with Gasteiger partial charge in [0.15, 0.2) is 0 Å². The molecule has 0 unspecified atom stereocenters. The number of carbonyl (C=O) groups is 1. The summed E-state index contributed by atoms with van der Waals surface area (Å²) in [5.41, 5.74) is 0. The summed E-state index contributed by atoms with van der Waals surface area (Å²) in [5.74, 6) is -0.181. The lowest BCUT2D eigenvalue weighted by Gasteiger charge is -2.03. The van der Waals surface area contributed by atoms with Crippen LogP contribution >= 0.6 is 0 Å². The van der Waals surface area contributed by atoms with Gasteiger partial charge in [0.05, 0.1) is 0 Å². The SMILES string of the molecule is C=CC(=O)NC=CCN(C)C. The van der Waals surface area contributed by atoms with E-state index in [1.807, 2.05) is 25.1 Å². The van der Waals surface area contributed by atoms with E-state index in [0.29, 0.717) is 0 Å². The molecule has 11 heavy (non-hydrogen) atoms. The topological polar surface area (TPSA) is 32.3 Å². The molecule has 0 spiro atoms. The smallest absolute Gasteiger partial charge is 0.247 e. The first-order valence-electron chi connectivity index (χ1n) is 3.39. The van der Waals surface area contributed by atoms with Crippen LogP contribution in [0.2, 0.25) is 0 Å². The third-order valence-corrected chi connectivity index (χ3v) is 0.999. The van der Waals surface area contributed by atoms with Gasteiger partial charge in [0, 0.05) is 12.7 Å². The quantitative estimate of drug-likeness (QED) is 0.593. The molecule has 0 aromatic rings. The number of hydrogen-bond acceptors (Lipinski definition) is 2. The average molecular weight is 154 g/mol. The van der Waals surface area contributed by atoms with Crippen LogP contribution < -0.4 is 5.32 Å². The van der Waals surface area contributed by atoms with Crippen molar-refractivity contribution in [2.75, 3.05) is 20.6 Å². The summed E-state index contributed by atoms with van der Waals surface area (Å²) in [6, 6.07) is 0. The third-order valence-electron chi connectivity index (χ3n) is 0.999. The number of nitrogens with one attached hydrogen (secondary N) is 1. The summed E-state index contributed by atoms with van der Waals surface area (Å²) in [4.78, 5) is 12.6. The zero-order chi connectivity index (χ0) is 8.69. The van der Waals surface area contributed by atoms with Crippen LogP contribution in [-0.2, 0) is 4.79 Å². The molecular weight excluding hydrogens is 140 g/mol. The number of likely N-dealkylation sites (N-methyl/N-ethyl adjacent to an activating group) is 1. The largest absolute Gasteiger partial charge is 0.329 e. The molecule has 0 saturated heterocycles. The van der Waals surface area contributed by atoms with Crippen molar-refractivity contribution >= 4 is 5.91 Å². The summed E-state index contributed by atoms with van der Waals surface area (Å²) in [6.07, 6.45) is 4.71. The first-order chi connectivity index (χ1) is 5.16. The highest BCUT2D eigenvalue weighted by Gasteiger charge is 1.85. The summed E-state index contributed by atoms with van der Waals surface area (Å²) in [6.45, 7) is 4.13. The monoisotopic (exact) mass is 154 g/mol. The van der Waals surface area contributed by atoms with Crippen LogP contribution in [0.3, 0.4) is 0 Å². The fraction of sp³-hybridized carbons (Fsp3) is 0.375. The third kappa shape index (κ3) is 6.80. The van der Waals surface area contributed by atoms with Crippen molar-refractivity contribution in [2.45, 2.75) is 0 Å². The molecule has 1 amide bonds. The van der Waals surface area contributed by atoms with Crippen LogP contribution in [0.25, 0.3) is 0 Å². The molecule has 3 heteroatoms. The zero-order valence-corrected chi connectivity index (χ0v) is 7.00. The Morgan fingerprint density at radius 2 is 2.27 bits per heavy atom. The van der Waals surface area contributed by atoms with Crippen molar-refractivity contribution in [1.82, 2.24) is 10.2 Å². The van der Waals surface area contributed by atoms with E-state index in [2.05, 4.69) is 11.9 Å². The van der Waals surface area contributed by atoms with E-state index >= 15 is 0 Å². The highest BCUT2D eigenvalue weighted by Crippen LogP contribution is 1.75. The summed E-state index contributed by atoms with van der Waals surface area (Å²) in [7, 11) is 3.92. The highest BCUT2D eigenvalue weighted by atomic mass is 16.1. The van der Waals surface area contributed by atoms with Crippen LogP contribution in [0.1, 0.15) is 0 Å². The predicted molar refractivity (Wildman–Crippen MR) is 46.0 cm³/mol. The number of amides is 1. The van der Waals surface area contributed by atoms with Crippen LogP contribution in [0.5, 0.6) is 0 Å². The molecule has 0 heterocycles. The molecule has 0 aliphatic heterocycles. The molecule has 0 aromatic heterocycles. The number of nitrogens with zero attached hydrogens (tertiary/aromatic N) is 1. The van der Waals surface area contributed by atoms with Crippen LogP contribution in [-0.4, -0.2) is 31.4 Å². The van der Waals surface area contributed by atoms with Gasteiger partial charge < -0.3 is 10.2 Å². The summed E-state index contributed by atoms with van der Waals surface area (Å²) >= 11 is 0. The first kappa shape index (κ1) is 9.91. The van der Waals surface area contributed by atoms with Gasteiger partial charge in [-0.15, -0.1) is 0 Å². The Balaban J connectivity index is 3.44. The number of hydrogen-bond donors (Lipinski definition) is 1. The second kappa shape index (κ2) is 5.68. The van der Waals surface area contributed by atoms with Gasteiger partial charge in [-0.2, -0.15) is 0 Å². The Bertz CT molecular complexity index is 161. The van der Waals surface area contributed by atoms with Crippen molar-refractivity contribution in [2.24, 2.45) is 0 Å². The minimum Gasteiger partial charge on any atom is -0.329 e. The summed E-state index contributed by atoms with van der Waals surface area (Å²) in [5, 5.41) is 2.52. The van der Waals surface area contributed by atoms with Gasteiger partial charge in [-0.05, 0) is 20.2 Å². The van der Waals surface area contributed by atoms with Gasteiger partial charge in [-0.1, -0.05) is 12.7 Å². The van der Waals surface area contributed by atoms with E-state index in [4.69, 9.17) is 0 Å². The van der Waals surface area contributed by atoms with Crippen LogP contribution in [0, 0.1) is 0 Å². The lowest BCUT2D eigenvalue weighted by molar-refractivity contribution is -0.115. The van der Waals surface area contributed by atoms with Crippen molar-refractivity contribution in [3.8, 4) is 0 Å². The molecule has 0 radical (unpaired) electrons. The Morgan fingerprint density at radius 1 is 1.64 bits per heavy atom. The summed E-state index contributed by atoms with van der Waals surface area (Å²) < 4.78 is 0. The van der Waals surface area contributed by atoms with Crippen molar-refractivity contribution in [1.29, 1.82) is 0 Å². The lowest BCUT2D eigenvalue weighted by Crippen LogP contribution is -2.15. The normalized spacial score (nSPS) is 10.5. The lowest BCUT2D eigenvalue weighted by atomic mass is 10.5. The molecule has 1 N–H and O–H groups in total. The molecule has 0 aliphatic rings. The van der Waals surface area contributed by atoms with Crippen molar-refractivity contribution < 1.29 is 4.79 Å².